The minimum absolute atomic E-state index is 0.131. The highest BCUT2D eigenvalue weighted by Gasteiger charge is 2.21. The summed E-state index contributed by atoms with van der Waals surface area (Å²) in [6, 6.07) is 13.1. The second kappa shape index (κ2) is 9.15. The number of hydrogen-bond acceptors (Lipinski definition) is 5. The van der Waals surface area contributed by atoms with Crippen LogP contribution in [-0.4, -0.2) is 37.6 Å². The van der Waals surface area contributed by atoms with Gasteiger partial charge >= 0.3 is 0 Å². The number of para-hydroxylation sites is 1. The van der Waals surface area contributed by atoms with E-state index in [2.05, 4.69) is 5.32 Å². The van der Waals surface area contributed by atoms with Crippen LogP contribution in [0.25, 0.3) is 17.0 Å². The third-order valence-electron chi connectivity index (χ3n) is 4.72. The number of furan rings is 1. The molecule has 1 heterocycles. The number of amides is 2. The lowest BCUT2D eigenvalue weighted by Gasteiger charge is -2.18. The van der Waals surface area contributed by atoms with Gasteiger partial charge in [0.2, 0.25) is 21.7 Å². The molecule has 0 unspecified atom stereocenters. The summed E-state index contributed by atoms with van der Waals surface area (Å²) in [5.74, 6) is -1.41. The topological polar surface area (TPSA) is 123 Å². The standard InChI is InChI=1S/C22H23N3O5S/c1-3-25(4-2)31(28,29)16-12-9-15(10-13-16)11-14-19(26)24-20-17-7-5-6-8-18(17)30-21(20)22(23)27/h5-14H,3-4H2,1-2H3,(H2,23,27)(H,24,26)/b14-11+. The highest BCUT2D eigenvalue weighted by atomic mass is 32.2. The normalized spacial score (nSPS) is 12.0. The van der Waals surface area contributed by atoms with Gasteiger partial charge in [-0.15, -0.1) is 0 Å². The summed E-state index contributed by atoms with van der Waals surface area (Å²) < 4.78 is 31.9. The van der Waals surface area contributed by atoms with Crippen LogP contribution >= 0.6 is 0 Å². The van der Waals surface area contributed by atoms with Gasteiger partial charge in [-0.2, -0.15) is 4.31 Å². The SMILES string of the molecule is CCN(CC)S(=O)(=O)c1ccc(/C=C/C(=O)Nc2c(C(N)=O)oc3ccccc23)cc1. The van der Waals surface area contributed by atoms with E-state index in [1.54, 1.807) is 50.2 Å². The maximum atomic E-state index is 12.5. The molecule has 31 heavy (non-hydrogen) atoms. The van der Waals surface area contributed by atoms with E-state index in [-0.39, 0.29) is 16.3 Å². The maximum Gasteiger partial charge on any atom is 0.286 e. The van der Waals surface area contributed by atoms with Crippen molar-refractivity contribution in [2.45, 2.75) is 18.7 Å². The summed E-state index contributed by atoms with van der Waals surface area (Å²) in [7, 11) is -3.54. The number of sulfonamides is 1. The van der Waals surface area contributed by atoms with Crippen LogP contribution < -0.4 is 11.1 Å². The maximum absolute atomic E-state index is 12.5. The molecular weight excluding hydrogens is 418 g/mol. The third-order valence-corrected chi connectivity index (χ3v) is 6.78. The van der Waals surface area contributed by atoms with Gasteiger partial charge < -0.3 is 15.5 Å². The van der Waals surface area contributed by atoms with Gasteiger partial charge in [0.25, 0.3) is 5.91 Å². The number of nitrogens with one attached hydrogen (secondary N) is 1. The first-order chi connectivity index (χ1) is 14.8. The summed E-state index contributed by atoms with van der Waals surface area (Å²) in [6.07, 6.45) is 2.82. The summed E-state index contributed by atoms with van der Waals surface area (Å²) in [5, 5.41) is 3.19. The molecule has 2 aromatic carbocycles. The van der Waals surface area contributed by atoms with Gasteiger partial charge in [0.1, 0.15) is 11.3 Å². The lowest BCUT2D eigenvalue weighted by atomic mass is 10.2. The summed E-state index contributed by atoms with van der Waals surface area (Å²) in [5.41, 5.74) is 6.63. The third kappa shape index (κ3) is 4.68. The fraction of sp³-hybridized carbons (Fsp3) is 0.182. The van der Waals surface area contributed by atoms with E-state index in [9.17, 15) is 18.0 Å². The van der Waals surface area contributed by atoms with Crippen molar-refractivity contribution in [3.63, 3.8) is 0 Å². The Balaban J connectivity index is 1.78. The first-order valence-corrected chi connectivity index (χ1v) is 11.1. The first kappa shape index (κ1) is 22.3. The number of nitrogens with two attached hydrogens (primary N) is 1. The Morgan fingerprint density at radius 2 is 1.71 bits per heavy atom. The average Bonchev–Trinajstić information content (AvgIpc) is 3.12. The van der Waals surface area contributed by atoms with Crippen LogP contribution in [0.4, 0.5) is 5.69 Å². The molecule has 9 heteroatoms. The first-order valence-electron chi connectivity index (χ1n) is 9.68. The van der Waals surface area contributed by atoms with Crippen molar-refractivity contribution in [1.29, 1.82) is 0 Å². The number of primary amides is 1. The Hall–Kier alpha value is -3.43. The molecule has 0 aliphatic carbocycles. The molecule has 0 atom stereocenters. The van der Waals surface area contributed by atoms with Crippen LogP contribution in [0, 0.1) is 0 Å². The number of fused-ring (bicyclic) bond motifs is 1. The second-order valence-corrected chi connectivity index (χ2v) is 8.59. The molecule has 0 aliphatic rings. The van der Waals surface area contributed by atoms with Crippen LogP contribution in [0.2, 0.25) is 0 Å². The highest BCUT2D eigenvalue weighted by Crippen LogP contribution is 2.30. The van der Waals surface area contributed by atoms with Crippen molar-refractivity contribution < 1.29 is 22.4 Å². The Morgan fingerprint density at radius 1 is 1.06 bits per heavy atom. The number of hydrogen-bond donors (Lipinski definition) is 2. The van der Waals surface area contributed by atoms with Gasteiger partial charge in [0, 0.05) is 24.6 Å². The minimum atomic E-state index is -3.54. The van der Waals surface area contributed by atoms with Gasteiger partial charge in [0.05, 0.1) is 4.90 Å². The summed E-state index contributed by atoms with van der Waals surface area (Å²) >= 11 is 0. The van der Waals surface area contributed by atoms with E-state index in [0.29, 0.717) is 29.6 Å². The lowest BCUT2D eigenvalue weighted by molar-refractivity contribution is -0.111. The Kier molecular flexibility index (Phi) is 6.57. The number of anilines is 1. The molecule has 1 aromatic heterocycles. The number of carbonyl (C=O) groups is 2. The predicted molar refractivity (Wildman–Crippen MR) is 119 cm³/mol. The van der Waals surface area contributed by atoms with Gasteiger partial charge in [0.15, 0.2) is 0 Å². The number of rotatable bonds is 8. The smallest absolute Gasteiger partial charge is 0.286 e. The second-order valence-electron chi connectivity index (χ2n) is 6.65. The van der Waals surface area contributed by atoms with Crippen molar-refractivity contribution in [2.24, 2.45) is 5.73 Å². The number of nitrogens with zero attached hydrogens (tertiary/aromatic N) is 1. The van der Waals surface area contributed by atoms with Crippen LogP contribution in [0.3, 0.4) is 0 Å². The van der Waals surface area contributed by atoms with Gasteiger partial charge in [-0.05, 0) is 35.9 Å². The fourth-order valence-electron chi connectivity index (χ4n) is 3.14. The molecule has 0 saturated carbocycles. The van der Waals surface area contributed by atoms with Crippen LogP contribution in [-0.2, 0) is 14.8 Å². The van der Waals surface area contributed by atoms with Gasteiger partial charge in [-0.25, -0.2) is 8.42 Å². The van der Waals surface area contributed by atoms with E-state index in [1.165, 1.54) is 28.6 Å². The minimum Gasteiger partial charge on any atom is -0.449 e. The van der Waals surface area contributed by atoms with E-state index in [0.717, 1.165) is 0 Å². The van der Waals surface area contributed by atoms with Crippen LogP contribution in [0.15, 0.2) is 63.9 Å². The Bertz CT molecular complexity index is 1240. The van der Waals surface area contributed by atoms with Crippen molar-refractivity contribution in [1.82, 2.24) is 4.31 Å². The molecule has 0 saturated heterocycles. The molecule has 162 valence electrons. The van der Waals surface area contributed by atoms with E-state index >= 15 is 0 Å². The fourth-order valence-corrected chi connectivity index (χ4v) is 4.60. The molecule has 0 radical (unpaired) electrons. The van der Waals surface area contributed by atoms with Crippen LogP contribution in [0.5, 0.6) is 0 Å². The zero-order valence-corrected chi connectivity index (χ0v) is 18.0. The Labute approximate surface area is 180 Å². The van der Waals surface area contributed by atoms with Crippen molar-refractivity contribution in [3.05, 3.63) is 65.9 Å². The van der Waals surface area contributed by atoms with E-state index in [1.807, 2.05) is 0 Å². The average molecular weight is 442 g/mol. The zero-order valence-electron chi connectivity index (χ0n) is 17.2. The molecular formula is C22H23N3O5S. The van der Waals surface area contributed by atoms with Gasteiger partial charge in [-0.1, -0.05) is 38.1 Å². The van der Waals surface area contributed by atoms with E-state index < -0.39 is 21.8 Å². The molecule has 8 nitrogen and oxygen atoms in total. The number of carbonyl (C=O) groups excluding carboxylic acids is 2. The van der Waals surface area contributed by atoms with Gasteiger partial charge in [-0.3, -0.25) is 9.59 Å². The van der Waals surface area contributed by atoms with Crippen molar-refractivity contribution >= 4 is 44.6 Å². The van der Waals surface area contributed by atoms with E-state index in [4.69, 9.17) is 10.2 Å². The zero-order chi connectivity index (χ0) is 22.6. The molecule has 3 rings (SSSR count). The molecule has 0 bridgehead atoms. The highest BCUT2D eigenvalue weighted by molar-refractivity contribution is 7.89. The molecule has 3 aromatic rings. The molecule has 0 aliphatic heterocycles. The molecule has 0 spiro atoms. The largest absolute Gasteiger partial charge is 0.449 e. The van der Waals surface area contributed by atoms with Crippen molar-refractivity contribution in [3.8, 4) is 0 Å². The molecule has 3 N–H and O–H groups in total. The van der Waals surface area contributed by atoms with Crippen LogP contribution in [0.1, 0.15) is 30.0 Å². The van der Waals surface area contributed by atoms with Crippen molar-refractivity contribution in [2.75, 3.05) is 18.4 Å². The molecule has 0 fully saturated rings. The number of benzene rings is 2. The monoisotopic (exact) mass is 441 g/mol. The molecule has 2 amide bonds. The predicted octanol–water partition coefficient (Wildman–Crippen LogP) is 3.21. The summed E-state index contributed by atoms with van der Waals surface area (Å²) in [6.45, 7) is 4.33. The Morgan fingerprint density at radius 3 is 2.32 bits per heavy atom. The lowest BCUT2D eigenvalue weighted by Crippen LogP contribution is -2.30. The quantitative estimate of drug-likeness (QED) is 0.520. The summed E-state index contributed by atoms with van der Waals surface area (Å²) in [4.78, 5) is 24.3.